The number of hydrogen-bond acceptors (Lipinski definition) is 9. The lowest BCUT2D eigenvalue weighted by Gasteiger charge is -2.46. The van der Waals surface area contributed by atoms with Gasteiger partial charge < -0.3 is 29.1 Å². The average molecular weight is 759 g/mol. The predicted molar refractivity (Wildman–Crippen MR) is 199 cm³/mol. The van der Waals surface area contributed by atoms with Gasteiger partial charge in [0.1, 0.15) is 5.75 Å². The average Bonchev–Trinajstić information content (AvgIpc) is 3.24. The SMILES string of the molecule is COCCO[C@H]1/C=C/CCN(C)C(=O)C[C@](O)(C(=O)NS(=O)(=O)N(C)C)c2ccc3c(c2)N(C[C@@H]2CC[C@H]21)C[C@@]1(CCCc2cc(Cl)ccc21)CO3. The second-order valence-electron chi connectivity index (χ2n) is 14.9. The molecule has 4 aliphatic rings. The maximum absolute atomic E-state index is 13.9. The lowest BCUT2D eigenvalue weighted by atomic mass is 9.68. The molecule has 1 fully saturated rings. The maximum Gasteiger partial charge on any atom is 0.303 e. The fraction of sp³-hybridized carbons (Fsp3) is 0.579. The summed E-state index contributed by atoms with van der Waals surface area (Å²) in [6, 6.07) is 11.1. The molecule has 1 saturated carbocycles. The zero-order valence-corrected chi connectivity index (χ0v) is 32.0. The summed E-state index contributed by atoms with van der Waals surface area (Å²) in [6.45, 7) is 2.95. The molecule has 0 saturated heterocycles. The Morgan fingerprint density at radius 2 is 1.98 bits per heavy atom. The van der Waals surface area contributed by atoms with E-state index in [1.165, 1.54) is 30.1 Å². The van der Waals surface area contributed by atoms with Crippen molar-refractivity contribution in [1.29, 1.82) is 0 Å². The fourth-order valence-electron chi connectivity index (χ4n) is 8.08. The summed E-state index contributed by atoms with van der Waals surface area (Å²) >= 11 is 6.46. The van der Waals surface area contributed by atoms with E-state index in [9.17, 15) is 23.1 Å². The molecule has 284 valence electrons. The Kier molecular flexibility index (Phi) is 11.6. The zero-order valence-electron chi connectivity index (χ0n) is 30.5. The van der Waals surface area contributed by atoms with E-state index < -0.39 is 34.0 Å². The van der Waals surface area contributed by atoms with E-state index in [-0.39, 0.29) is 28.9 Å². The van der Waals surface area contributed by atoms with Crippen molar-refractivity contribution in [2.45, 2.75) is 62.1 Å². The molecule has 14 heteroatoms. The van der Waals surface area contributed by atoms with Crippen LogP contribution in [-0.2, 0) is 46.7 Å². The van der Waals surface area contributed by atoms with E-state index in [2.05, 4.69) is 17.0 Å². The number of amides is 2. The third kappa shape index (κ3) is 7.85. The Hall–Kier alpha value is -3.20. The number of methoxy groups -OCH3 is 1. The van der Waals surface area contributed by atoms with Gasteiger partial charge in [0.25, 0.3) is 5.91 Å². The van der Waals surface area contributed by atoms with Crippen molar-refractivity contribution in [1.82, 2.24) is 13.9 Å². The van der Waals surface area contributed by atoms with Crippen LogP contribution in [0.5, 0.6) is 5.75 Å². The van der Waals surface area contributed by atoms with Crippen LogP contribution in [0.1, 0.15) is 55.2 Å². The second-order valence-corrected chi connectivity index (χ2v) is 17.2. The van der Waals surface area contributed by atoms with E-state index in [0.717, 1.165) is 36.4 Å². The molecule has 2 bridgehead atoms. The summed E-state index contributed by atoms with van der Waals surface area (Å²) in [4.78, 5) is 31.3. The van der Waals surface area contributed by atoms with Crippen LogP contribution in [0.15, 0.2) is 48.6 Å². The highest BCUT2D eigenvalue weighted by Gasteiger charge is 2.47. The van der Waals surface area contributed by atoms with Gasteiger partial charge in [-0.05, 0) is 91.3 Å². The van der Waals surface area contributed by atoms with E-state index in [1.807, 2.05) is 22.9 Å². The van der Waals surface area contributed by atoms with Crippen LogP contribution in [0.3, 0.4) is 0 Å². The zero-order chi connectivity index (χ0) is 37.3. The monoisotopic (exact) mass is 758 g/mol. The summed E-state index contributed by atoms with van der Waals surface area (Å²) in [5.74, 6) is -0.648. The van der Waals surface area contributed by atoms with Gasteiger partial charge in [0, 0.05) is 58.3 Å². The topological polar surface area (TPSA) is 138 Å². The van der Waals surface area contributed by atoms with Crippen molar-refractivity contribution in [2.75, 3.05) is 72.6 Å². The van der Waals surface area contributed by atoms with E-state index >= 15 is 0 Å². The molecule has 2 heterocycles. The Bertz CT molecular complexity index is 1790. The fourth-order valence-corrected chi connectivity index (χ4v) is 8.86. The van der Waals surface area contributed by atoms with Gasteiger partial charge in [-0.2, -0.15) is 12.7 Å². The molecule has 0 aromatic heterocycles. The molecule has 0 radical (unpaired) electrons. The number of carbonyl (C=O) groups is 2. The first-order valence-corrected chi connectivity index (χ1v) is 19.9. The lowest BCUT2D eigenvalue weighted by molar-refractivity contribution is -0.148. The summed E-state index contributed by atoms with van der Waals surface area (Å²) in [6.07, 6.45) is 8.61. The largest absolute Gasteiger partial charge is 0.490 e. The number of aliphatic hydroxyl groups is 1. The number of rotatable bonds is 7. The number of carbonyl (C=O) groups excluding carboxylic acids is 2. The summed E-state index contributed by atoms with van der Waals surface area (Å²) in [5, 5.41) is 13.0. The highest BCUT2D eigenvalue weighted by atomic mass is 35.5. The van der Waals surface area contributed by atoms with Gasteiger partial charge in [0.05, 0.1) is 38.0 Å². The smallest absolute Gasteiger partial charge is 0.303 e. The normalized spacial score (nSPS) is 28.7. The number of nitrogens with zero attached hydrogens (tertiary/aromatic N) is 3. The highest BCUT2D eigenvalue weighted by molar-refractivity contribution is 7.87. The number of ether oxygens (including phenoxy) is 3. The van der Waals surface area contributed by atoms with Gasteiger partial charge in [0.2, 0.25) is 5.91 Å². The molecule has 2 amide bonds. The van der Waals surface area contributed by atoms with Gasteiger partial charge >= 0.3 is 10.2 Å². The van der Waals surface area contributed by atoms with Crippen LogP contribution in [-0.4, -0.2) is 108 Å². The Labute approximate surface area is 312 Å². The van der Waals surface area contributed by atoms with Crippen molar-refractivity contribution in [3.63, 3.8) is 0 Å². The Morgan fingerprint density at radius 1 is 1.17 bits per heavy atom. The van der Waals surface area contributed by atoms with Gasteiger partial charge in [-0.3, -0.25) is 9.59 Å². The predicted octanol–water partition coefficient (Wildman–Crippen LogP) is 3.79. The van der Waals surface area contributed by atoms with Gasteiger partial charge in [-0.1, -0.05) is 35.9 Å². The first-order valence-electron chi connectivity index (χ1n) is 18.1. The van der Waals surface area contributed by atoms with Crippen LogP contribution < -0.4 is 14.4 Å². The van der Waals surface area contributed by atoms with Crippen molar-refractivity contribution in [3.8, 4) is 5.75 Å². The number of nitrogens with one attached hydrogen (secondary N) is 1. The van der Waals surface area contributed by atoms with E-state index in [1.54, 1.807) is 32.4 Å². The molecule has 2 N–H and O–H groups in total. The van der Waals surface area contributed by atoms with Gasteiger partial charge in [-0.25, -0.2) is 4.72 Å². The van der Waals surface area contributed by atoms with Crippen molar-refractivity contribution < 1.29 is 37.3 Å². The molecule has 2 aromatic rings. The highest BCUT2D eigenvalue weighted by Crippen LogP contribution is 2.48. The lowest BCUT2D eigenvalue weighted by Crippen LogP contribution is -2.52. The van der Waals surface area contributed by atoms with E-state index in [0.29, 0.717) is 62.3 Å². The number of hydrogen-bond donors (Lipinski definition) is 2. The quantitative estimate of drug-likeness (QED) is 0.319. The van der Waals surface area contributed by atoms with Crippen LogP contribution >= 0.6 is 11.6 Å². The minimum atomic E-state index is -4.29. The molecule has 6 rings (SSSR count). The standard InChI is InChI=1S/C38H51ClN4O8S/c1-41(2)52(47,48)40-36(45)38(46)22-35(44)42(3)17-6-5-9-33(50-19-18-49-4)30-13-10-27(30)23-43-24-37(25-51-34-15-11-28(38)21-32(34)43)16-7-8-26-20-29(39)12-14-31(26)37/h5,9,11-12,14-15,20-21,27,30,33,46H,6-8,10,13,16-19,22-25H2,1-4H3,(H,40,45)/b9-5+/t27-,30+,33-,37-,38+/m0/s1. The molecular weight excluding hydrogens is 708 g/mol. The number of anilines is 1. The van der Waals surface area contributed by atoms with Crippen LogP contribution in [0, 0.1) is 11.8 Å². The van der Waals surface area contributed by atoms with E-state index in [4.69, 9.17) is 25.8 Å². The molecule has 52 heavy (non-hydrogen) atoms. The van der Waals surface area contributed by atoms with Crippen molar-refractivity contribution in [2.24, 2.45) is 11.8 Å². The van der Waals surface area contributed by atoms with Crippen molar-refractivity contribution >= 4 is 39.3 Å². The minimum Gasteiger partial charge on any atom is -0.490 e. The third-order valence-electron chi connectivity index (χ3n) is 11.3. The van der Waals surface area contributed by atoms with Crippen molar-refractivity contribution in [3.05, 3.63) is 70.3 Å². The number of halogens is 1. The Morgan fingerprint density at radius 3 is 2.71 bits per heavy atom. The first kappa shape index (κ1) is 38.5. The van der Waals surface area contributed by atoms with Crippen LogP contribution in [0.4, 0.5) is 5.69 Å². The maximum atomic E-state index is 13.9. The Balaban J connectivity index is 1.46. The molecule has 0 unspecified atom stereocenters. The number of aryl methyl sites for hydroxylation is 1. The number of benzene rings is 2. The van der Waals surface area contributed by atoms with Crippen LogP contribution in [0.2, 0.25) is 5.02 Å². The molecular formula is C38H51ClN4O8S. The van der Waals surface area contributed by atoms with Crippen LogP contribution in [0.25, 0.3) is 0 Å². The second kappa shape index (κ2) is 15.6. The molecule has 2 aliphatic carbocycles. The summed E-state index contributed by atoms with van der Waals surface area (Å²) in [5.41, 5.74) is 0.297. The molecule has 2 aliphatic heterocycles. The molecule has 1 spiro atoms. The molecule has 5 atom stereocenters. The third-order valence-corrected chi connectivity index (χ3v) is 13.0. The summed E-state index contributed by atoms with van der Waals surface area (Å²) < 4.78 is 46.8. The van der Waals surface area contributed by atoms with Gasteiger partial charge in [-0.15, -0.1) is 0 Å². The minimum absolute atomic E-state index is 0.0951. The summed E-state index contributed by atoms with van der Waals surface area (Å²) in [7, 11) is 1.52. The van der Waals surface area contributed by atoms with Gasteiger partial charge in [0.15, 0.2) is 5.60 Å². The number of fused-ring (bicyclic) bond motifs is 4. The molecule has 2 aromatic carbocycles. The molecule has 12 nitrogen and oxygen atoms in total. The first-order chi connectivity index (χ1) is 24.8.